The number of carbonyl (C=O) groups is 1. The number of hydrogen-bond donors (Lipinski definition) is 1. The second-order valence-electron chi connectivity index (χ2n) is 5.78. The molecule has 0 spiro atoms. The minimum absolute atomic E-state index is 0.0661. The summed E-state index contributed by atoms with van der Waals surface area (Å²) in [6.07, 6.45) is 11.2. The molecule has 1 saturated carbocycles. The number of nitrogens with zero attached hydrogens (tertiary/aromatic N) is 2. The Labute approximate surface area is 129 Å². The molecule has 3 rings (SSSR count). The number of halogens is 1. The molecule has 0 aliphatic heterocycles. The van der Waals surface area contributed by atoms with E-state index >= 15 is 0 Å². The average molecular weight is 306 g/mol. The number of fused-ring (bicyclic) bond motifs is 1. The lowest BCUT2D eigenvalue weighted by Crippen LogP contribution is -2.35. The summed E-state index contributed by atoms with van der Waals surface area (Å²) in [5, 5.41) is 3.81. The molecule has 1 fully saturated rings. The van der Waals surface area contributed by atoms with Gasteiger partial charge in [-0.05, 0) is 25.0 Å². The van der Waals surface area contributed by atoms with Crippen molar-refractivity contribution >= 4 is 23.2 Å². The highest BCUT2D eigenvalue weighted by molar-refractivity contribution is 6.30. The average Bonchev–Trinajstić information content (AvgIpc) is 2.66. The van der Waals surface area contributed by atoms with Gasteiger partial charge in [-0.2, -0.15) is 0 Å². The zero-order valence-corrected chi connectivity index (χ0v) is 12.8. The molecule has 2 aromatic rings. The summed E-state index contributed by atoms with van der Waals surface area (Å²) >= 11 is 5.95. The Hall–Kier alpha value is -1.55. The van der Waals surface area contributed by atoms with Crippen LogP contribution in [0.1, 0.15) is 44.2 Å². The van der Waals surface area contributed by atoms with Crippen LogP contribution in [-0.4, -0.2) is 21.3 Å². The van der Waals surface area contributed by atoms with Gasteiger partial charge in [-0.15, -0.1) is 0 Å². The molecule has 0 unspecified atom stereocenters. The molecule has 1 aliphatic carbocycles. The number of hydrogen-bond acceptors (Lipinski definition) is 2. The first-order valence-corrected chi connectivity index (χ1v) is 8.01. The van der Waals surface area contributed by atoms with Crippen LogP contribution < -0.4 is 5.32 Å². The fourth-order valence-electron chi connectivity index (χ4n) is 2.97. The first-order valence-electron chi connectivity index (χ1n) is 7.63. The Balaban J connectivity index is 1.62. The standard InChI is InChI=1S/C16H20ClN3O/c17-12-7-8-15-18-14(11-20(15)10-12)9-16(21)19-13-5-3-1-2-4-6-13/h7-8,10-11,13H,1-6,9H2,(H,19,21). The molecule has 2 heterocycles. The molecule has 1 N–H and O–H groups in total. The Kier molecular flexibility index (Phi) is 4.44. The molecule has 21 heavy (non-hydrogen) atoms. The number of nitrogens with one attached hydrogen (secondary N) is 1. The van der Waals surface area contributed by atoms with Crippen molar-refractivity contribution in [1.29, 1.82) is 0 Å². The molecular formula is C16H20ClN3O. The monoisotopic (exact) mass is 305 g/mol. The number of rotatable bonds is 3. The van der Waals surface area contributed by atoms with Crippen LogP contribution >= 0.6 is 11.6 Å². The number of aromatic nitrogens is 2. The fraction of sp³-hybridized carbons (Fsp3) is 0.500. The van der Waals surface area contributed by atoms with Crippen molar-refractivity contribution in [1.82, 2.24) is 14.7 Å². The Morgan fingerprint density at radius 1 is 1.24 bits per heavy atom. The molecular weight excluding hydrogens is 286 g/mol. The highest BCUT2D eigenvalue weighted by atomic mass is 35.5. The molecule has 1 amide bonds. The topological polar surface area (TPSA) is 46.4 Å². The van der Waals surface area contributed by atoms with E-state index in [9.17, 15) is 4.79 Å². The van der Waals surface area contributed by atoms with Gasteiger partial charge in [0.1, 0.15) is 5.65 Å². The summed E-state index contributed by atoms with van der Waals surface area (Å²) in [4.78, 5) is 16.6. The van der Waals surface area contributed by atoms with Crippen molar-refractivity contribution in [3.63, 3.8) is 0 Å². The fourth-order valence-corrected chi connectivity index (χ4v) is 3.14. The predicted molar refractivity (Wildman–Crippen MR) is 83.5 cm³/mol. The summed E-state index contributed by atoms with van der Waals surface area (Å²) in [6, 6.07) is 4.00. The van der Waals surface area contributed by atoms with Crippen molar-refractivity contribution < 1.29 is 4.79 Å². The van der Waals surface area contributed by atoms with Gasteiger partial charge in [0.05, 0.1) is 17.1 Å². The largest absolute Gasteiger partial charge is 0.353 e. The van der Waals surface area contributed by atoms with Gasteiger partial charge >= 0.3 is 0 Å². The van der Waals surface area contributed by atoms with E-state index in [1.165, 1.54) is 25.7 Å². The molecule has 0 radical (unpaired) electrons. The maximum absolute atomic E-state index is 12.2. The van der Waals surface area contributed by atoms with Crippen molar-refractivity contribution in [2.45, 2.75) is 51.0 Å². The van der Waals surface area contributed by atoms with Crippen LogP contribution in [0.4, 0.5) is 0 Å². The van der Waals surface area contributed by atoms with Gasteiger partial charge in [-0.1, -0.05) is 37.3 Å². The summed E-state index contributed by atoms with van der Waals surface area (Å²) in [6.45, 7) is 0. The van der Waals surface area contributed by atoms with E-state index in [1.807, 2.05) is 16.7 Å². The van der Waals surface area contributed by atoms with E-state index in [0.717, 1.165) is 24.2 Å². The third kappa shape index (κ3) is 3.76. The first kappa shape index (κ1) is 14.4. The zero-order chi connectivity index (χ0) is 14.7. The molecule has 2 aromatic heterocycles. The molecule has 0 atom stereocenters. The van der Waals surface area contributed by atoms with Crippen LogP contribution in [0.5, 0.6) is 0 Å². The van der Waals surface area contributed by atoms with Crippen molar-refractivity contribution in [2.24, 2.45) is 0 Å². The van der Waals surface area contributed by atoms with Crippen molar-refractivity contribution in [2.75, 3.05) is 0 Å². The van der Waals surface area contributed by atoms with Gasteiger partial charge in [0.2, 0.25) is 5.91 Å². The van der Waals surface area contributed by atoms with E-state index in [2.05, 4.69) is 10.3 Å². The van der Waals surface area contributed by atoms with Crippen molar-refractivity contribution in [3.05, 3.63) is 35.2 Å². The third-order valence-corrected chi connectivity index (χ3v) is 4.25. The molecule has 0 saturated heterocycles. The normalized spacial score (nSPS) is 16.8. The van der Waals surface area contributed by atoms with Crippen LogP contribution in [0, 0.1) is 0 Å². The lowest BCUT2D eigenvalue weighted by Gasteiger charge is -2.15. The van der Waals surface area contributed by atoms with Gasteiger partial charge in [0, 0.05) is 18.4 Å². The van der Waals surface area contributed by atoms with E-state index in [-0.39, 0.29) is 5.91 Å². The SMILES string of the molecule is O=C(Cc1cn2cc(Cl)ccc2n1)NC1CCCCCC1. The number of pyridine rings is 1. The van der Waals surface area contributed by atoms with Crippen LogP contribution in [0.2, 0.25) is 5.02 Å². The molecule has 0 aromatic carbocycles. The number of imidazole rings is 1. The van der Waals surface area contributed by atoms with E-state index in [4.69, 9.17) is 11.6 Å². The Bertz CT molecular complexity index is 629. The van der Waals surface area contributed by atoms with E-state index in [0.29, 0.717) is 17.5 Å². The summed E-state index contributed by atoms with van der Waals surface area (Å²) in [5.74, 6) is 0.0661. The zero-order valence-electron chi connectivity index (χ0n) is 12.0. The quantitative estimate of drug-likeness (QED) is 0.884. The highest BCUT2D eigenvalue weighted by Crippen LogP contribution is 2.17. The van der Waals surface area contributed by atoms with Gasteiger partial charge in [0.15, 0.2) is 0 Å². The molecule has 112 valence electrons. The second kappa shape index (κ2) is 6.48. The highest BCUT2D eigenvalue weighted by Gasteiger charge is 2.15. The van der Waals surface area contributed by atoms with Gasteiger partial charge in [-0.3, -0.25) is 4.79 Å². The minimum Gasteiger partial charge on any atom is -0.353 e. The number of carbonyl (C=O) groups excluding carboxylic acids is 1. The Morgan fingerprint density at radius 3 is 2.76 bits per heavy atom. The maximum atomic E-state index is 12.2. The van der Waals surface area contributed by atoms with Gasteiger partial charge in [-0.25, -0.2) is 4.98 Å². The van der Waals surface area contributed by atoms with Crippen LogP contribution in [0.3, 0.4) is 0 Å². The van der Waals surface area contributed by atoms with Crippen LogP contribution in [-0.2, 0) is 11.2 Å². The Morgan fingerprint density at radius 2 is 2.00 bits per heavy atom. The predicted octanol–water partition coefficient (Wildman–Crippen LogP) is 3.37. The summed E-state index contributed by atoms with van der Waals surface area (Å²) in [5.41, 5.74) is 1.60. The maximum Gasteiger partial charge on any atom is 0.226 e. The van der Waals surface area contributed by atoms with Gasteiger partial charge < -0.3 is 9.72 Å². The van der Waals surface area contributed by atoms with E-state index < -0.39 is 0 Å². The summed E-state index contributed by atoms with van der Waals surface area (Å²) < 4.78 is 1.86. The number of amides is 1. The minimum atomic E-state index is 0.0661. The van der Waals surface area contributed by atoms with Crippen molar-refractivity contribution in [3.8, 4) is 0 Å². The van der Waals surface area contributed by atoms with Crippen LogP contribution in [0.15, 0.2) is 24.5 Å². The first-order chi connectivity index (χ1) is 10.2. The molecule has 5 heteroatoms. The second-order valence-corrected chi connectivity index (χ2v) is 6.21. The van der Waals surface area contributed by atoms with Crippen LogP contribution in [0.25, 0.3) is 5.65 Å². The summed E-state index contributed by atoms with van der Waals surface area (Å²) in [7, 11) is 0. The lowest BCUT2D eigenvalue weighted by molar-refractivity contribution is -0.121. The van der Waals surface area contributed by atoms with Gasteiger partial charge in [0.25, 0.3) is 0 Å². The van der Waals surface area contributed by atoms with E-state index in [1.54, 1.807) is 12.3 Å². The smallest absolute Gasteiger partial charge is 0.226 e. The molecule has 0 bridgehead atoms. The molecule has 1 aliphatic rings. The lowest BCUT2D eigenvalue weighted by atomic mass is 10.1. The third-order valence-electron chi connectivity index (χ3n) is 4.03. The molecule has 4 nitrogen and oxygen atoms in total.